The summed E-state index contributed by atoms with van der Waals surface area (Å²) in [5.74, 6) is 0.0597. The number of hydrogen-bond donors (Lipinski definition) is 2. The number of alkyl halides is 3. The number of aromatic amines is 1. The second kappa shape index (κ2) is 4.85. The zero-order chi connectivity index (χ0) is 13.2. The van der Waals surface area contributed by atoms with E-state index in [0.717, 1.165) is 17.8 Å². The van der Waals surface area contributed by atoms with Crippen LogP contribution < -0.4 is 5.32 Å². The van der Waals surface area contributed by atoms with Crippen LogP contribution in [0.25, 0.3) is 0 Å². The highest BCUT2D eigenvalue weighted by Crippen LogP contribution is 2.31. The van der Waals surface area contributed by atoms with E-state index in [1.807, 2.05) is 0 Å². The summed E-state index contributed by atoms with van der Waals surface area (Å²) >= 11 is 5.55. The Labute approximate surface area is 105 Å². The van der Waals surface area contributed by atoms with E-state index in [2.05, 4.69) is 20.3 Å². The molecule has 0 spiro atoms. The maximum absolute atomic E-state index is 12.5. The van der Waals surface area contributed by atoms with Crippen molar-refractivity contribution in [1.82, 2.24) is 15.0 Å². The number of pyridine rings is 1. The number of H-pyrrole nitrogens is 1. The number of halogens is 4. The molecular formula is C10H8ClF3N4. The van der Waals surface area contributed by atoms with Gasteiger partial charge >= 0.3 is 6.18 Å². The van der Waals surface area contributed by atoms with Crippen molar-refractivity contribution in [1.29, 1.82) is 0 Å². The summed E-state index contributed by atoms with van der Waals surface area (Å²) in [6.07, 6.45) is -1.41. The zero-order valence-electron chi connectivity index (χ0n) is 8.92. The fraction of sp³-hybridized carbons (Fsp3) is 0.200. The number of imidazole rings is 1. The minimum absolute atomic E-state index is 0.0597. The van der Waals surface area contributed by atoms with Crippen molar-refractivity contribution in [3.8, 4) is 0 Å². The second-order valence-electron chi connectivity index (χ2n) is 3.49. The molecule has 0 saturated carbocycles. The van der Waals surface area contributed by atoms with Gasteiger partial charge in [-0.25, -0.2) is 9.97 Å². The molecule has 0 amide bonds. The molecule has 0 aliphatic rings. The van der Waals surface area contributed by atoms with Crippen molar-refractivity contribution in [2.75, 3.05) is 5.32 Å². The third-order valence-corrected chi connectivity index (χ3v) is 2.33. The van der Waals surface area contributed by atoms with Gasteiger partial charge in [-0.2, -0.15) is 13.2 Å². The molecule has 0 aliphatic carbocycles. The summed E-state index contributed by atoms with van der Waals surface area (Å²) in [5, 5.41) is 2.52. The van der Waals surface area contributed by atoms with E-state index < -0.39 is 11.7 Å². The minimum Gasteiger partial charge on any atom is -0.364 e. The Hall–Kier alpha value is -1.76. The van der Waals surface area contributed by atoms with Gasteiger partial charge in [-0.05, 0) is 12.1 Å². The van der Waals surface area contributed by atoms with Crippen molar-refractivity contribution in [2.24, 2.45) is 0 Å². The summed E-state index contributed by atoms with van der Waals surface area (Å²) in [5.41, 5.74) is -0.111. The predicted octanol–water partition coefficient (Wildman–Crippen LogP) is 3.09. The summed E-state index contributed by atoms with van der Waals surface area (Å²) in [6.45, 7) is 0.282. The van der Waals surface area contributed by atoms with Crippen LogP contribution in [0.2, 0.25) is 5.15 Å². The van der Waals surface area contributed by atoms with Crippen LogP contribution in [0, 0.1) is 0 Å². The summed E-state index contributed by atoms with van der Waals surface area (Å²) in [4.78, 5) is 10.4. The largest absolute Gasteiger partial charge is 0.416 e. The summed E-state index contributed by atoms with van der Waals surface area (Å²) < 4.78 is 37.6. The number of aromatic nitrogens is 3. The Morgan fingerprint density at radius 1 is 1.33 bits per heavy atom. The standard InChI is InChI=1S/C10H8ClF3N4/c11-8-1-6(10(12,13)14)2-9(18-8)16-4-7-3-15-5-17-7/h1-3,5H,4H2,(H,15,17)(H,16,18). The van der Waals surface area contributed by atoms with Gasteiger partial charge in [0.1, 0.15) is 11.0 Å². The van der Waals surface area contributed by atoms with Crippen LogP contribution in [0.3, 0.4) is 0 Å². The van der Waals surface area contributed by atoms with Crippen LogP contribution in [-0.2, 0) is 12.7 Å². The molecular weight excluding hydrogens is 269 g/mol. The Balaban J connectivity index is 2.15. The number of anilines is 1. The van der Waals surface area contributed by atoms with Gasteiger partial charge in [0.15, 0.2) is 0 Å². The fourth-order valence-corrected chi connectivity index (χ4v) is 1.53. The Morgan fingerprint density at radius 2 is 2.11 bits per heavy atom. The summed E-state index contributed by atoms with van der Waals surface area (Å²) in [6, 6.07) is 1.69. The third-order valence-electron chi connectivity index (χ3n) is 2.14. The molecule has 2 rings (SSSR count). The topological polar surface area (TPSA) is 53.6 Å². The highest BCUT2D eigenvalue weighted by molar-refractivity contribution is 6.29. The first-order valence-electron chi connectivity index (χ1n) is 4.91. The van der Waals surface area contributed by atoms with Crippen LogP contribution in [-0.4, -0.2) is 15.0 Å². The van der Waals surface area contributed by atoms with E-state index in [1.54, 1.807) is 6.20 Å². The first-order valence-corrected chi connectivity index (χ1v) is 5.29. The number of nitrogens with zero attached hydrogens (tertiary/aromatic N) is 2. The molecule has 0 aromatic carbocycles. The number of rotatable bonds is 3. The van der Waals surface area contributed by atoms with Crippen LogP contribution in [0.15, 0.2) is 24.7 Å². The van der Waals surface area contributed by atoms with Gasteiger partial charge in [0.25, 0.3) is 0 Å². The number of hydrogen-bond acceptors (Lipinski definition) is 3. The normalized spacial score (nSPS) is 11.6. The lowest BCUT2D eigenvalue weighted by Gasteiger charge is -2.10. The molecule has 0 aliphatic heterocycles. The molecule has 0 fully saturated rings. The highest BCUT2D eigenvalue weighted by Gasteiger charge is 2.31. The molecule has 8 heteroatoms. The van der Waals surface area contributed by atoms with Gasteiger partial charge < -0.3 is 10.3 Å². The van der Waals surface area contributed by atoms with Gasteiger partial charge in [-0.3, -0.25) is 0 Å². The van der Waals surface area contributed by atoms with Gasteiger partial charge in [-0.1, -0.05) is 11.6 Å². The maximum Gasteiger partial charge on any atom is 0.416 e. The third kappa shape index (κ3) is 3.13. The van der Waals surface area contributed by atoms with Gasteiger partial charge in [-0.15, -0.1) is 0 Å². The SMILES string of the molecule is FC(F)(F)c1cc(Cl)nc(NCc2cnc[nH]2)c1. The van der Waals surface area contributed by atoms with E-state index >= 15 is 0 Å². The molecule has 2 heterocycles. The van der Waals surface area contributed by atoms with Crippen LogP contribution >= 0.6 is 11.6 Å². The van der Waals surface area contributed by atoms with E-state index in [0.29, 0.717) is 0 Å². The van der Waals surface area contributed by atoms with Gasteiger partial charge in [0.05, 0.1) is 24.1 Å². The quantitative estimate of drug-likeness (QED) is 0.847. The number of nitrogens with one attached hydrogen (secondary N) is 2. The minimum atomic E-state index is -4.45. The fourth-order valence-electron chi connectivity index (χ4n) is 1.32. The smallest absolute Gasteiger partial charge is 0.364 e. The average Bonchev–Trinajstić information content (AvgIpc) is 2.77. The lowest BCUT2D eigenvalue weighted by Crippen LogP contribution is -2.08. The second-order valence-corrected chi connectivity index (χ2v) is 3.88. The molecule has 96 valence electrons. The van der Waals surface area contributed by atoms with Crippen molar-refractivity contribution in [3.63, 3.8) is 0 Å². The van der Waals surface area contributed by atoms with Gasteiger partial charge in [0, 0.05) is 6.20 Å². The van der Waals surface area contributed by atoms with Crippen LogP contribution in [0.1, 0.15) is 11.3 Å². The molecule has 18 heavy (non-hydrogen) atoms. The van der Waals surface area contributed by atoms with Crippen molar-refractivity contribution >= 4 is 17.4 Å². The van der Waals surface area contributed by atoms with E-state index in [4.69, 9.17) is 11.6 Å². The molecule has 0 unspecified atom stereocenters. The van der Waals surface area contributed by atoms with Crippen molar-refractivity contribution in [2.45, 2.75) is 12.7 Å². The maximum atomic E-state index is 12.5. The zero-order valence-corrected chi connectivity index (χ0v) is 9.68. The lowest BCUT2D eigenvalue weighted by atomic mass is 10.2. The van der Waals surface area contributed by atoms with Crippen LogP contribution in [0.5, 0.6) is 0 Å². The van der Waals surface area contributed by atoms with E-state index in [-0.39, 0.29) is 17.5 Å². The van der Waals surface area contributed by atoms with Crippen molar-refractivity contribution in [3.05, 3.63) is 41.1 Å². The molecule has 2 N–H and O–H groups in total. The van der Waals surface area contributed by atoms with Crippen LogP contribution in [0.4, 0.5) is 19.0 Å². The molecule has 2 aromatic heterocycles. The molecule has 0 saturated heterocycles. The van der Waals surface area contributed by atoms with Crippen molar-refractivity contribution < 1.29 is 13.2 Å². The van der Waals surface area contributed by atoms with Gasteiger partial charge in [0.2, 0.25) is 0 Å². The highest BCUT2D eigenvalue weighted by atomic mass is 35.5. The first kappa shape index (κ1) is 12.7. The van der Waals surface area contributed by atoms with E-state index in [9.17, 15) is 13.2 Å². The van der Waals surface area contributed by atoms with E-state index in [1.165, 1.54) is 6.33 Å². The Bertz CT molecular complexity index is 524. The molecule has 0 bridgehead atoms. The molecule has 2 aromatic rings. The lowest BCUT2D eigenvalue weighted by molar-refractivity contribution is -0.137. The monoisotopic (exact) mass is 276 g/mol. The molecule has 0 radical (unpaired) electrons. The Morgan fingerprint density at radius 3 is 2.72 bits per heavy atom. The molecule has 0 atom stereocenters. The average molecular weight is 277 g/mol. The Kier molecular flexibility index (Phi) is 3.42. The molecule has 4 nitrogen and oxygen atoms in total. The predicted molar refractivity (Wildman–Crippen MR) is 60.2 cm³/mol. The summed E-state index contributed by atoms with van der Waals surface area (Å²) in [7, 11) is 0. The first-order chi connectivity index (χ1) is 8.45.